The summed E-state index contributed by atoms with van der Waals surface area (Å²) in [5.74, 6) is 0.610. The third-order valence-corrected chi connectivity index (χ3v) is 2.48. The molecule has 6 nitrogen and oxygen atoms in total. The van der Waals surface area contributed by atoms with E-state index >= 15 is 0 Å². The highest BCUT2D eigenvalue weighted by molar-refractivity contribution is 5.43. The second-order valence-electron chi connectivity index (χ2n) is 4.27. The van der Waals surface area contributed by atoms with Gasteiger partial charge in [-0.3, -0.25) is 0 Å². The standard InChI is InChI=1S/C12H14F3N5O/c1-3-16-11-18-9(12(13,14)15)5-10(19-11)17-6-8-4-7(2)21-20-8/h4-5H,3,6H2,1-2H3,(H2,16,17,18,19). The van der Waals surface area contributed by atoms with Crippen LogP contribution in [0.5, 0.6) is 0 Å². The first-order valence-corrected chi connectivity index (χ1v) is 6.24. The Morgan fingerprint density at radius 1 is 1.19 bits per heavy atom. The van der Waals surface area contributed by atoms with Gasteiger partial charge in [0.25, 0.3) is 0 Å². The van der Waals surface area contributed by atoms with Crippen LogP contribution in [-0.2, 0) is 12.7 Å². The van der Waals surface area contributed by atoms with Gasteiger partial charge in [-0.25, -0.2) is 4.98 Å². The van der Waals surface area contributed by atoms with E-state index in [9.17, 15) is 13.2 Å². The summed E-state index contributed by atoms with van der Waals surface area (Å²) < 4.78 is 43.2. The average Bonchev–Trinajstić information content (AvgIpc) is 2.81. The van der Waals surface area contributed by atoms with E-state index in [-0.39, 0.29) is 18.3 Å². The fourth-order valence-electron chi connectivity index (χ4n) is 1.60. The van der Waals surface area contributed by atoms with E-state index < -0.39 is 11.9 Å². The fraction of sp³-hybridized carbons (Fsp3) is 0.417. The van der Waals surface area contributed by atoms with Crippen molar-refractivity contribution in [2.75, 3.05) is 17.2 Å². The maximum Gasteiger partial charge on any atom is 0.433 e. The lowest BCUT2D eigenvalue weighted by Crippen LogP contribution is -2.14. The first kappa shape index (κ1) is 15.1. The molecule has 2 N–H and O–H groups in total. The first-order chi connectivity index (χ1) is 9.88. The Morgan fingerprint density at radius 3 is 2.52 bits per heavy atom. The van der Waals surface area contributed by atoms with Gasteiger partial charge in [-0.05, 0) is 13.8 Å². The van der Waals surface area contributed by atoms with Gasteiger partial charge in [0.1, 0.15) is 17.3 Å². The molecule has 0 amide bonds. The highest BCUT2D eigenvalue weighted by atomic mass is 19.4. The van der Waals surface area contributed by atoms with Gasteiger partial charge in [0.2, 0.25) is 5.95 Å². The number of aryl methyl sites for hydroxylation is 1. The number of anilines is 2. The normalized spacial score (nSPS) is 11.5. The molecular formula is C12H14F3N5O. The topological polar surface area (TPSA) is 75.9 Å². The molecule has 2 aromatic heterocycles. The summed E-state index contributed by atoms with van der Waals surface area (Å²) in [5, 5.41) is 9.18. The summed E-state index contributed by atoms with van der Waals surface area (Å²) in [6.45, 7) is 4.10. The van der Waals surface area contributed by atoms with E-state index in [1.165, 1.54) is 0 Å². The molecule has 0 fully saturated rings. The molecule has 0 aliphatic rings. The molecule has 2 heterocycles. The Labute approximate surface area is 118 Å². The zero-order valence-electron chi connectivity index (χ0n) is 11.5. The van der Waals surface area contributed by atoms with E-state index in [4.69, 9.17) is 4.52 Å². The van der Waals surface area contributed by atoms with Crippen LogP contribution in [0.25, 0.3) is 0 Å². The minimum atomic E-state index is -4.53. The van der Waals surface area contributed by atoms with Crippen molar-refractivity contribution in [2.24, 2.45) is 0 Å². The number of aromatic nitrogens is 3. The molecule has 0 unspecified atom stereocenters. The maximum atomic E-state index is 12.8. The van der Waals surface area contributed by atoms with Crippen molar-refractivity contribution < 1.29 is 17.7 Å². The van der Waals surface area contributed by atoms with Crippen LogP contribution in [0, 0.1) is 6.92 Å². The molecule has 0 saturated heterocycles. The van der Waals surface area contributed by atoms with Gasteiger partial charge in [-0.15, -0.1) is 0 Å². The van der Waals surface area contributed by atoms with Crippen LogP contribution in [0.1, 0.15) is 24.1 Å². The van der Waals surface area contributed by atoms with Crippen molar-refractivity contribution in [2.45, 2.75) is 26.6 Å². The van der Waals surface area contributed by atoms with Crippen molar-refractivity contribution in [3.63, 3.8) is 0 Å². The molecule has 0 atom stereocenters. The second kappa shape index (κ2) is 5.98. The number of halogens is 3. The van der Waals surface area contributed by atoms with Crippen LogP contribution < -0.4 is 10.6 Å². The van der Waals surface area contributed by atoms with Crippen LogP contribution in [0.3, 0.4) is 0 Å². The van der Waals surface area contributed by atoms with E-state index in [0.29, 0.717) is 18.0 Å². The molecule has 0 aliphatic heterocycles. The quantitative estimate of drug-likeness (QED) is 0.884. The lowest BCUT2D eigenvalue weighted by atomic mass is 10.3. The molecule has 2 rings (SSSR count). The summed E-state index contributed by atoms with van der Waals surface area (Å²) in [7, 11) is 0. The lowest BCUT2D eigenvalue weighted by Gasteiger charge is -2.11. The minimum absolute atomic E-state index is 0.0638. The third-order valence-electron chi connectivity index (χ3n) is 2.48. The van der Waals surface area contributed by atoms with Gasteiger partial charge < -0.3 is 15.2 Å². The molecule has 0 saturated carbocycles. The molecule has 0 spiro atoms. The average molecular weight is 301 g/mol. The SMILES string of the molecule is CCNc1nc(NCc2cc(C)on2)cc(C(F)(F)F)n1. The van der Waals surface area contributed by atoms with E-state index in [2.05, 4.69) is 25.8 Å². The smallest absolute Gasteiger partial charge is 0.364 e. The third kappa shape index (κ3) is 4.07. The van der Waals surface area contributed by atoms with Gasteiger partial charge in [-0.1, -0.05) is 5.16 Å². The number of hydrogen-bond donors (Lipinski definition) is 2. The van der Waals surface area contributed by atoms with Crippen molar-refractivity contribution in [3.8, 4) is 0 Å². The predicted octanol–water partition coefficient (Wildman–Crippen LogP) is 2.84. The monoisotopic (exact) mass is 301 g/mol. The Morgan fingerprint density at radius 2 is 1.95 bits per heavy atom. The Bertz CT molecular complexity index is 611. The molecule has 0 bridgehead atoms. The highest BCUT2D eigenvalue weighted by Crippen LogP contribution is 2.29. The number of alkyl halides is 3. The fourth-order valence-corrected chi connectivity index (χ4v) is 1.60. The van der Waals surface area contributed by atoms with Gasteiger partial charge in [0, 0.05) is 18.7 Å². The zero-order valence-corrected chi connectivity index (χ0v) is 11.5. The van der Waals surface area contributed by atoms with Gasteiger partial charge in [0.05, 0.1) is 6.54 Å². The summed E-state index contributed by atoms with van der Waals surface area (Å²) in [5.41, 5.74) is -0.433. The molecular weight excluding hydrogens is 287 g/mol. The second-order valence-corrected chi connectivity index (χ2v) is 4.27. The molecule has 0 aromatic carbocycles. The predicted molar refractivity (Wildman–Crippen MR) is 69.8 cm³/mol. The van der Waals surface area contributed by atoms with E-state index in [0.717, 1.165) is 6.07 Å². The maximum absolute atomic E-state index is 12.8. The molecule has 0 aliphatic carbocycles. The summed E-state index contributed by atoms with van der Waals surface area (Å²) in [4.78, 5) is 7.40. The van der Waals surface area contributed by atoms with Crippen LogP contribution in [0.15, 0.2) is 16.7 Å². The molecule has 0 radical (unpaired) electrons. The summed E-state index contributed by atoms with van der Waals surface area (Å²) >= 11 is 0. The van der Waals surface area contributed by atoms with Crippen molar-refractivity contribution in [3.05, 3.63) is 29.3 Å². The van der Waals surface area contributed by atoms with Crippen molar-refractivity contribution >= 4 is 11.8 Å². The number of hydrogen-bond acceptors (Lipinski definition) is 6. The molecule has 9 heteroatoms. The van der Waals surface area contributed by atoms with Gasteiger partial charge in [0.15, 0.2) is 5.69 Å². The highest BCUT2D eigenvalue weighted by Gasteiger charge is 2.33. The zero-order chi connectivity index (χ0) is 15.5. The number of nitrogens with zero attached hydrogens (tertiary/aromatic N) is 3. The van der Waals surface area contributed by atoms with Gasteiger partial charge in [-0.2, -0.15) is 18.2 Å². The van der Waals surface area contributed by atoms with Crippen molar-refractivity contribution in [1.29, 1.82) is 0 Å². The van der Waals surface area contributed by atoms with Crippen LogP contribution >= 0.6 is 0 Å². The van der Waals surface area contributed by atoms with Crippen LogP contribution in [-0.4, -0.2) is 21.7 Å². The number of rotatable bonds is 5. The molecule has 114 valence electrons. The van der Waals surface area contributed by atoms with E-state index in [1.54, 1.807) is 19.9 Å². The van der Waals surface area contributed by atoms with Crippen LogP contribution in [0.4, 0.5) is 24.9 Å². The lowest BCUT2D eigenvalue weighted by molar-refractivity contribution is -0.141. The molecule has 21 heavy (non-hydrogen) atoms. The first-order valence-electron chi connectivity index (χ1n) is 6.24. The Kier molecular flexibility index (Phi) is 4.29. The largest absolute Gasteiger partial charge is 0.433 e. The molecule has 2 aromatic rings. The van der Waals surface area contributed by atoms with Crippen LogP contribution in [0.2, 0.25) is 0 Å². The van der Waals surface area contributed by atoms with Gasteiger partial charge >= 0.3 is 6.18 Å². The van der Waals surface area contributed by atoms with Crippen molar-refractivity contribution in [1.82, 2.24) is 15.1 Å². The Hall–Kier alpha value is -2.32. The summed E-state index contributed by atoms with van der Waals surface area (Å²) in [6, 6.07) is 2.54. The Balaban J connectivity index is 2.19. The summed E-state index contributed by atoms with van der Waals surface area (Å²) in [6.07, 6.45) is -4.53. The minimum Gasteiger partial charge on any atom is -0.364 e. The number of nitrogens with one attached hydrogen (secondary N) is 2. The van der Waals surface area contributed by atoms with E-state index in [1.807, 2.05) is 0 Å².